The van der Waals surface area contributed by atoms with E-state index in [0.717, 1.165) is 29.7 Å². The summed E-state index contributed by atoms with van der Waals surface area (Å²) in [4.78, 5) is 28.5. The molecule has 0 radical (unpaired) electrons. The van der Waals surface area contributed by atoms with Crippen LogP contribution in [-0.2, 0) is 0 Å². The van der Waals surface area contributed by atoms with Crippen LogP contribution in [-0.4, -0.2) is 59.0 Å². The number of nitrogens with zero attached hydrogens (tertiary/aromatic N) is 4. The molecule has 0 atom stereocenters. The van der Waals surface area contributed by atoms with Crippen molar-refractivity contribution < 1.29 is 9.53 Å². The first-order valence-corrected chi connectivity index (χ1v) is 8.23. The van der Waals surface area contributed by atoms with Gasteiger partial charge in [0.1, 0.15) is 11.4 Å². The Morgan fingerprint density at radius 3 is 2.60 bits per heavy atom. The molecule has 0 bridgehead atoms. The number of benzene rings is 1. The maximum absolute atomic E-state index is 12.8. The molecule has 1 aliphatic rings. The van der Waals surface area contributed by atoms with E-state index in [-0.39, 0.29) is 5.91 Å². The largest absolute Gasteiger partial charge is 0.496 e. The van der Waals surface area contributed by atoms with Gasteiger partial charge in [0.05, 0.1) is 7.11 Å². The van der Waals surface area contributed by atoms with E-state index in [2.05, 4.69) is 19.9 Å². The summed E-state index contributed by atoms with van der Waals surface area (Å²) in [6, 6.07) is 9.41. The molecular formula is C18H19N5O2. The number of anilines is 1. The average Bonchev–Trinajstić information content (AvgIpc) is 3.12. The molecule has 4 rings (SSSR count). The molecule has 128 valence electrons. The lowest BCUT2D eigenvalue weighted by Crippen LogP contribution is -2.49. The van der Waals surface area contributed by atoms with Crippen molar-refractivity contribution in [2.75, 3.05) is 38.2 Å². The zero-order chi connectivity index (χ0) is 17.2. The Bertz CT molecular complexity index is 885. The molecule has 0 aliphatic carbocycles. The molecule has 7 nitrogen and oxygen atoms in total. The average molecular weight is 337 g/mol. The van der Waals surface area contributed by atoms with Crippen molar-refractivity contribution in [1.82, 2.24) is 19.9 Å². The van der Waals surface area contributed by atoms with E-state index in [0.29, 0.717) is 24.7 Å². The van der Waals surface area contributed by atoms with Crippen molar-refractivity contribution in [3.05, 3.63) is 48.4 Å². The summed E-state index contributed by atoms with van der Waals surface area (Å²) < 4.78 is 5.36. The van der Waals surface area contributed by atoms with Crippen LogP contribution in [0.3, 0.4) is 0 Å². The van der Waals surface area contributed by atoms with Crippen LogP contribution in [0.25, 0.3) is 10.9 Å². The van der Waals surface area contributed by atoms with Gasteiger partial charge in [0.2, 0.25) is 5.95 Å². The first kappa shape index (κ1) is 15.4. The highest BCUT2D eigenvalue weighted by Gasteiger charge is 2.24. The van der Waals surface area contributed by atoms with Gasteiger partial charge in [0.15, 0.2) is 0 Å². The van der Waals surface area contributed by atoms with Crippen molar-refractivity contribution in [2.24, 2.45) is 0 Å². The van der Waals surface area contributed by atoms with E-state index >= 15 is 0 Å². The fourth-order valence-electron chi connectivity index (χ4n) is 3.16. The number of rotatable bonds is 3. The highest BCUT2D eigenvalue weighted by atomic mass is 16.5. The Morgan fingerprint density at radius 1 is 1.12 bits per heavy atom. The number of amides is 1. The summed E-state index contributed by atoms with van der Waals surface area (Å²) in [5, 5.41) is 0.921. The van der Waals surface area contributed by atoms with Gasteiger partial charge in [0.25, 0.3) is 5.91 Å². The highest BCUT2D eigenvalue weighted by molar-refractivity contribution is 5.99. The number of carbonyl (C=O) groups is 1. The molecule has 1 amide bonds. The molecule has 1 aromatic carbocycles. The van der Waals surface area contributed by atoms with Gasteiger partial charge in [-0.25, -0.2) is 9.97 Å². The lowest BCUT2D eigenvalue weighted by Gasteiger charge is -2.34. The Kier molecular flexibility index (Phi) is 3.97. The maximum Gasteiger partial charge on any atom is 0.270 e. The quantitative estimate of drug-likeness (QED) is 0.790. The molecule has 0 saturated carbocycles. The highest BCUT2D eigenvalue weighted by Crippen LogP contribution is 2.26. The SMILES string of the molecule is COc1cccc2[nH]c(C(=O)N3CCN(c4ncccn4)CC3)cc12. The summed E-state index contributed by atoms with van der Waals surface area (Å²) in [6.07, 6.45) is 3.47. The third-order valence-corrected chi connectivity index (χ3v) is 4.48. The van der Waals surface area contributed by atoms with Crippen LogP contribution >= 0.6 is 0 Å². The molecular weight excluding hydrogens is 318 g/mol. The van der Waals surface area contributed by atoms with Gasteiger partial charge < -0.3 is 19.5 Å². The number of aromatic nitrogens is 3. The number of piperazine rings is 1. The fourth-order valence-corrected chi connectivity index (χ4v) is 3.16. The molecule has 2 aromatic heterocycles. The molecule has 25 heavy (non-hydrogen) atoms. The van der Waals surface area contributed by atoms with Crippen molar-refractivity contribution >= 4 is 22.8 Å². The predicted octanol–water partition coefficient (Wildman–Crippen LogP) is 1.93. The van der Waals surface area contributed by atoms with Gasteiger partial charge in [-0.3, -0.25) is 4.79 Å². The summed E-state index contributed by atoms with van der Waals surface area (Å²) in [6.45, 7) is 2.73. The summed E-state index contributed by atoms with van der Waals surface area (Å²) >= 11 is 0. The minimum Gasteiger partial charge on any atom is -0.496 e. The van der Waals surface area contributed by atoms with Gasteiger partial charge in [-0.15, -0.1) is 0 Å². The molecule has 0 spiro atoms. The van der Waals surface area contributed by atoms with Gasteiger partial charge in [-0.2, -0.15) is 0 Å². The van der Waals surface area contributed by atoms with Crippen LogP contribution in [0.2, 0.25) is 0 Å². The zero-order valence-corrected chi connectivity index (χ0v) is 14.0. The number of methoxy groups -OCH3 is 1. The third kappa shape index (κ3) is 2.88. The van der Waals surface area contributed by atoms with E-state index in [1.807, 2.05) is 29.2 Å². The number of nitrogens with one attached hydrogen (secondary N) is 1. The van der Waals surface area contributed by atoms with Crippen LogP contribution < -0.4 is 9.64 Å². The molecule has 1 N–H and O–H groups in total. The van der Waals surface area contributed by atoms with E-state index in [1.54, 1.807) is 25.6 Å². The number of H-pyrrole nitrogens is 1. The van der Waals surface area contributed by atoms with E-state index in [1.165, 1.54) is 0 Å². The Balaban J connectivity index is 1.49. The van der Waals surface area contributed by atoms with Crippen molar-refractivity contribution in [3.8, 4) is 5.75 Å². The molecule has 7 heteroatoms. The second kappa shape index (κ2) is 6.43. The lowest BCUT2D eigenvalue weighted by atomic mass is 10.2. The van der Waals surface area contributed by atoms with Gasteiger partial charge in [0, 0.05) is 49.5 Å². The van der Waals surface area contributed by atoms with Crippen molar-refractivity contribution in [3.63, 3.8) is 0 Å². The molecule has 1 saturated heterocycles. The minimum atomic E-state index is 0.00637. The zero-order valence-electron chi connectivity index (χ0n) is 14.0. The van der Waals surface area contributed by atoms with Crippen LogP contribution in [0.4, 0.5) is 5.95 Å². The van der Waals surface area contributed by atoms with Crippen LogP contribution in [0, 0.1) is 0 Å². The van der Waals surface area contributed by atoms with Gasteiger partial charge in [-0.05, 0) is 24.3 Å². The number of carbonyl (C=O) groups excluding carboxylic acids is 1. The number of aromatic amines is 1. The standard InChI is InChI=1S/C18H19N5O2/c1-25-16-5-2-4-14-13(16)12-15(21-14)17(24)22-8-10-23(11-9-22)18-19-6-3-7-20-18/h2-7,12,21H,8-11H2,1H3. The topological polar surface area (TPSA) is 74.4 Å². The molecule has 3 aromatic rings. The smallest absolute Gasteiger partial charge is 0.270 e. The summed E-state index contributed by atoms with van der Waals surface area (Å²) in [5.41, 5.74) is 1.49. The normalized spacial score (nSPS) is 14.8. The van der Waals surface area contributed by atoms with Crippen molar-refractivity contribution in [2.45, 2.75) is 0 Å². The molecule has 0 unspecified atom stereocenters. The Labute approximate surface area is 145 Å². The maximum atomic E-state index is 12.8. The van der Waals surface area contributed by atoms with Gasteiger partial charge in [-0.1, -0.05) is 6.07 Å². The van der Waals surface area contributed by atoms with Crippen LogP contribution in [0.5, 0.6) is 5.75 Å². The summed E-state index contributed by atoms with van der Waals surface area (Å²) in [7, 11) is 1.63. The fraction of sp³-hybridized carbons (Fsp3) is 0.278. The number of fused-ring (bicyclic) bond motifs is 1. The molecule has 1 aliphatic heterocycles. The third-order valence-electron chi connectivity index (χ3n) is 4.48. The summed E-state index contributed by atoms with van der Waals surface area (Å²) in [5.74, 6) is 1.48. The second-order valence-corrected chi connectivity index (χ2v) is 5.93. The molecule has 1 fully saturated rings. The van der Waals surface area contributed by atoms with Gasteiger partial charge >= 0.3 is 0 Å². The van der Waals surface area contributed by atoms with Crippen LogP contribution in [0.1, 0.15) is 10.5 Å². The number of hydrogen-bond donors (Lipinski definition) is 1. The Hall–Kier alpha value is -3.09. The first-order chi connectivity index (χ1) is 12.3. The minimum absolute atomic E-state index is 0.00637. The number of hydrogen-bond acceptors (Lipinski definition) is 5. The van der Waals surface area contributed by atoms with E-state index in [4.69, 9.17) is 4.74 Å². The lowest BCUT2D eigenvalue weighted by molar-refractivity contribution is 0.0741. The monoisotopic (exact) mass is 337 g/mol. The second-order valence-electron chi connectivity index (χ2n) is 5.93. The van der Waals surface area contributed by atoms with E-state index in [9.17, 15) is 4.79 Å². The first-order valence-electron chi connectivity index (χ1n) is 8.23. The number of ether oxygens (including phenoxy) is 1. The Morgan fingerprint density at radius 2 is 1.88 bits per heavy atom. The predicted molar refractivity (Wildman–Crippen MR) is 95.0 cm³/mol. The van der Waals surface area contributed by atoms with Crippen molar-refractivity contribution in [1.29, 1.82) is 0 Å². The van der Waals surface area contributed by atoms with E-state index < -0.39 is 0 Å². The van der Waals surface area contributed by atoms with Crippen LogP contribution in [0.15, 0.2) is 42.7 Å². The molecule has 3 heterocycles.